The number of benzene rings is 2. The Hall–Kier alpha value is -1.76. The van der Waals surface area contributed by atoms with Gasteiger partial charge >= 0.3 is 0 Å². The smallest absolute Gasteiger partial charge is 0.0994 e. The maximum atomic E-state index is 9.12. The first kappa shape index (κ1) is 15.6. The molecule has 0 radical (unpaired) electrons. The van der Waals surface area contributed by atoms with E-state index in [1.165, 1.54) is 10.5 Å². The van der Waals surface area contributed by atoms with Crippen molar-refractivity contribution >= 4 is 11.8 Å². The summed E-state index contributed by atoms with van der Waals surface area (Å²) in [6.45, 7) is 5.26. The summed E-state index contributed by atoms with van der Waals surface area (Å²) in [6.07, 6.45) is 0. The van der Waals surface area contributed by atoms with Crippen LogP contribution in [0.2, 0.25) is 0 Å². The molecule has 0 bridgehead atoms. The molecule has 108 valence electrons. The average Bonchev–Trinajstić information content (AvgIpc) is 2.53. The van der Waals surface area contributed by atoms with Gasteiger partial charge in [-0.1, -0.05) is 37.3 Å². The second kappa shape index (κ2) is 7.87. The first-order valence-corrected chi connectivity index (χ1v) is 8.17. The fourth-order valence-electron chi connectivity index (χ4n) is 2.21. The number of hydrogen-bond acceptors (Lipinski definition) is 3. The van der Waals surface area contributed by atoms with E-state index < -0.39 is 0 Å². The largest absolute Gasteiger partial charge is 0.310 e. The zero-order valence-corrected chi connectivity index (χ0v) is 13.3. The van der Waals surface area contributed by atoms with Crippen molar-refractivity contribution in [2.45, 2.75) is 30.5 Å². The molecule has 0 aliphatic rings. The third kappa shape index (κ3) is 4.35. The van der Waals surface area contributed by atoms with E-state index in [0.29, 0.717) is 6.04 Å². The summed E-state index contributed by atoms with van der Waals surface area (Å²) in [5.41, 5.74) is 3.16. The van der Waals surface area contributed by atoms with E-state index in [4.69, 9.17) is 5.26 Å². The van der Waals surface area contributed by atoms with Crippen molar-refractivity contribution in [2.24, 2.45) is 0 Å². The normalized spacial score (nSPS) is 11.9. The summed E-state index contributed by atoms with van der Waals surface area (Å²) in [6, 6.07) is 19.0. The highest BCUT2D eigenvalue weighted by atomic mass is 32.2. The molecule has 0 fully saturated rings. The van der Waals surface area contributed by atoms with Crippen LogP contribution in [0.15, 0.2) is 53.4 Å². The Bertz CT molecular complexity index is 631. The van der Waals surface area contributed by atoms with Crippen LogP contribution in [0.4, 0.5) is 0 Å². The Kier molecular flexibility index (Phi) is 5.86. The number of nitrogens with one attached hydrogen (secondary N) is 1. The molecule has 1 N–H and O–H groups in total. The molecule has 1 atom stereocenters. The molecule has 21 heavy (non-hydrogen) atoms. The quantitative estimate of drug-likeness (QED) is 0.796. The van der Waals surface area contributed by atoms with E-state index in [2.05, 4.69) is 49.5 Å². The fourth-order valence-corrected chi connectivity index (χ4v) is 3.18. The molecule has 0 spiro atoms. The third-order valence-electron chi connectivity index (χ3n) is 3.40. The van der Waals surface area contributed by atoms with E-state index >= 15 is 0 Å². The van der Waals surface area contributed by atoms with Crippen LogP contribution in [0.25, 0.3) is 0 Å². The van der Waals surface area contributed by atoms with Crippen LogP contribution in [-0.2, 0) is 5.75 Å². The van der Waals surface area contributed by atoms with Crippen LogP contribution in [0.1, 0.15) is 36.6 Å². The van der Waals surface area contributed by atoms with Gasteiger partial charge in [-0.3, -0.25) is 0 Å². The molecule has 0 saturated carbocycles. The number of rotatable bonds is 6. The van der Waals surface area contributed by atoms with E-state index in [-0.39, 0.29) is 0 Å². The molecular formula is C18H20N2S. The molecule has 2 aromatic rings. The predicted octanol–water partition coefficient (Wildman–Crippen LogP) is 4.52. The molecule has 0 heterocycles. The molecule has 1 unspecified atom stereocenters. The Balaban J connectivity index is 2.07. The van der Waals surface area contributed by atoms with Crippen LogP contribution in [0, 0.1) is 11.3 Å². The molecule has 0 aliphatic carbocycles. The Morgan fingerprint density at radius 3 is 2.76 bits per heavy atom. The fraction of sp³-hybridized carbons (Fsp3) is 0.278. The van der Waals surface area contributed by atoms with E-state index in [9.17, 15) is 0 Å². The van der Waals surface area contributed by atoms with Gasteiger partial charge in [-0.2, -0.15) is 5.26 Å². The van der Waals surface area contributed by atoms with Crippen molar-refractivity contribution in [2.75, 3.05) is 6.54 Å². The van der Waals surface area contributed by atoms with Crippen molar-refractivity contribution in [3.8, 4) is 6.07 Å². The minimum atomic E-state index is 0.363. The summed E-state index contributed by atoms with van der Waals surface area (Å²) < 4.78 is 0. The number of thioether (sulfide) groups is 1. The zero-order valence-electron chi connectivity index (χ0n) is 12.5. The van der Waals surface area contributed by atoms with E-state index in [1.54, 1.807) is 11.8 Å². The summed E-state index contributed by atoms with van der Waals surface area (Å²) in [5, 5.41) is 12.6. The van der Waals surface area contributed by atoms with E-state index in [1.807, 2.05) is 24.3 Å². The van der Waals surface area contributed by atoms with E-state index in [0.717, 1.165) is 23.4 Å². The first-order chi connectivity index (χ1) is 10.2. The van der Waals surface area contributed by atoms with Gasteiger partial charge in [0, 0.05) is 16.7 Å². The molecule has 0 amide bonds. The van der Waals surface area contributed by atoms with Crippen LogP contribution >= 0.6 is 11.8 Å². The Morgan fingerprint density at radius 2 is 2.00 bits per heavy atom. The van der Waals surface area contributed by atoms with Crippen LogP contribution < -0.4 is 5.32 Å². The van der Waals surface area contributed by atoms with Crippen molar-refractivity contribution in [3.63, 3.8) is 0 Å². The lowest BCUT2D eigenvalue weighted by atomic mass is 10.1. The highest BCUT2D eigenvalue weighted by molar-refractivity contribution is 7.98. The molecule has 3 heteroatoms. The monoisotopic (exact) mass is 296 g/mol. The average molecular weight is 296 g/mol. The van der Waals surface area contributed by atoms with Gasteiger partial charge in [-0.15, -0.1) is 11.8 Å². The molecule has 0 saturated heterocycles. The first-order valence-electron chi connectivity index (χ1n) is 7.18. The topological polar surface area (TPSA) is 35.8 Å². The van der Waals surface area contributed by atoms with Crippen LogP contribution in [0.5, 0.6) is 0 Å². The molecule has 2 aromatic carbocycles. The lowest BCUT2D eigenvalue weighted by Gasteiger charge is -2.13. The lowest BCUT2D eigenvalue weighted by molar-refractivity contribution is 0.597. The molecule has 2 nitrogen and oxygen atoms in total. The highest BCUT2D eigenvalue weighted by Crippen LogP contribution is 2.26. The zero-order chi connectivity index (χ0) is 15.1. The second-order valence-electron chi connectivity index (χ2n) is 4.91. The molecule has 2 rings (SSSR count). The van der Waals surface area contributed by atoms with Gasteiger partial charge in [0.1, 0.15) is 0 Å². The van der Waals surface area contributed by atoms with Crippen molar-refractivity contribution in [1.29, 1.82) is 5.26 Å². The van der Waals surface area contributed by atoms with Crippen molar-refractivity contribution < 1.29 is 0 Å². The minimum absolute atomic E-state index is 0.363. The third-order valence-corrected chi connectivity index (χ3v) is 4.44. The number of nitrogens with zero attached hydrogens (tertiary/aromatic N) is 1. The van der Waals surface area contributed by atoms with Gasteiger partial charge in [0.2, 0.25) is 0 Å². The van der Waals surface area contributed by atoms with Gasteiger partial charge in [0.25, 0.3) is 0 Å². The summed E-state index contributed by atoms with van der Waals surface area (Å²) >= 11 is 1.77. The van der Waals surface area contributed by atoms with Crippen molar-refractivity contribution in [3.05, 3.63) is 65.2 Å². The summed E-state index contributed by atoms with van der Waals surface area (Å²) in [7, 11) is 0. The molecule has 0 aromatic heterocycles. The molecule has 0 aliphatic heterocycles. The standard InChI is InChI=1S/C18H20N2S/c1-3-20-14(2)15-9-6-10-18(11-15)21-13-17-8-5-4-7-16(17)12-19/h4-11,14,20H,3,13H2,1-2H3. The summed E-state index contributed by atoms with van der Waals surface area (Å²) in [4.78, 5) is 1.24. The number of nitriles is 1. The van der Waals surface area contributed by atoms with Crippen LogP contribution in [0.3, 0.4) is 0 Å². The van der Waals surface area contributed by atoms with Crippen molar-refractivity contribution in [1.82, 2.24) is 5.32 Å². The SMILES string of the molecule is CCNC(C)c1cccc(SCc2ccccc2C#N)c1. The Morgan fingerprint density at radius 1 is 1.19 bits per heavy atom. The number of hydrogen-bond donors (Lipinski definition) is 1. The highest BCUT2D eigenvalue weighted by Gasteiger charge is 2.06. The predicted molar refractivity (Wildman–Crippen MR) is 89.3 cm³/mol. The second-order valence-corrected chi connectivity index (χ2v) is 5.96. The lowest BCUT2D eigenvalue weighted by Crippen LogP contribution is -2.17. The van der Waals surface area contributed by atoms with Crippen LogP contribution in [-0.4, -0.2) is 6.54 Å². The molecular weight excluding hydrogens is 276 g/mol. The van der Waals surface area contributed by atoms with Gasteiger partial charge in [-0.05, 0) is 42.8 Å². The van der Waals surface area contributed by atoms with Gasteiger partial charge < -0.3 is 5.32 Å². The Labute approximate surface area is 131 Å². The maximum absolute atomic E-state index is 9.12. The maximum Gasteiger partial charge on any atom is 0.0994 e. The van der Waals surface area contributed by atoms with Gasteiger partial charge in [-0.25, -0.2) is 0 Å². The van der Waals surface area contributed by atoms with Gasteiger partial charge in [0.05, 0.1) is 11.6 Å². The minimum Gasteiger partial charge on any atom is -0.310 e. The van der Waals surface area contributed by atoms with Gasteiger partial charge in [0.15, 0.2) is 0 Å². The summed E-state index contributed by atoms with van der Waals surface area (Å²) in [5.74, 6) is 0.822.